The van der Waals surface area contributed by atoms with Gasteiger partial charge in [-0.05, 0) is 62.2 Å². The summed E-state index contributed by atoms with van der Waals surface area (Å²) in [5, 5.41) is 14.3. The molecular formula is C20H20N2O4S. The van der Waals surface area contributed by atoms with Crippen LogP contribution in [0.4, 0.5) is 11.4 Å². The minimum Gasteiger partial charge on any atom is -0.478 e. The minimum absolute atomic E-state index is 0.0618. The molecule has 0 saturated heterocycles. The first-order chi connectivity index (χ1) is 12.9. The van der Waals surface area contributed by atoms with E-state index in [9.17, 15) is 14.4 Å². The summed E-state index contributed by atoms with van der Waals surface area (Å²) in [4.78, 5) is 36.0. The molecule has 0 spiro atoms. The zero-order chi connectivity index (χ0) is 19.4. The van der Waals surface area contributed by atoms with Crippen LogP contribution in [-0.2, 0) is 9.59 Å². The van der Waals surface area contributed by atoms with E-state index in [1.54, 1.807) is 19.1 Å². The van der Waals surface area contributed by atoms with Crippen molar-refractivity contribution in [3.8, 4) is 0 Å². The van der Waals surface area contributed by atoms with Gasteiger partial charge < -0.3 is 15.7 Å². The van der Waals surface area contributed by atoms with Crippen molar-refractivity contribution in [3.05, 3.63) is 54.1 Å². The van der Waals surface area contributed by atoms with Gasteiger partial charge in [0, 0.05) is 22.2 Å². The summed E-state index contributed by atoms with van der Waals surface area (Å²) in [6.07, 6.45) is 1.92. The molecule has 2 amide bonds. The van der Waals surface area contributed by atoms with E-state index in [1.165, 1.54) is 23.9 Å². The maximum atomic E-state index is 12.4. The van der Waals surface area contributed by atoms with Crippen molar-refractivity contribution in [1.29, 1.82) is 0 Å². The Morgan fingerprint density at radius 3 is 2.37 bits per heavy atom. The number of rotatable bonds is 7. The second-order valence-electron chi connectivity index (χ2n) is 6.42. The molecule has 140 valence electrons. The number of hydrogen-bond donors (Lipinski definition) is 3. The molecule has 1 aliphatic carbocycles. The molecule has 3 rings (SSSR count). The Labute approximate surface area is 161 Å². The highest BCUT2D eigenvalue weighted by Crippen LogP contribution is 2.31. The Kier molecular flexibility index (Phi) is 5.81. The van der Waals surface area contributed by atoms with Gasteiger partial charge in [-0.2, -0.15) is 0 Å². The average Bonchev–Trinajstić information content (AvgIpc) is 3.48. The van der Waals surface area contributed by atoms with Crippen molar-refractivity contribution in [2.24, 2.45) is 5.92 Å². The lowest BCUT2D eigenvalue weighted by Crippen LogP contribution is -2.22. The molecule has 0 aromatic heterocycles. The van der Waals surface area contributed by atoms with Crippen LogP contribution in [-0.4, -0.2) is 28.1 Å². The SMILES string of the molecule is CC(Sc1ccc(NC(=O)C2CC2)cc1)C(=O)Nc1cccc(C(=O)O)c1. The van der Waals surface area contributed by atoms with Gasteiger partial charge in [0.25, 0.3) is 0 Å². The number of carboxylic acid groups (broad SMARTS) is 1. The highest BCUT2D eigenvalue weighted by molar-refractivity contribution is 8.00. The van der Waals surface area contributed by atoms with Crippen molar-refractivity contribution in [2.75, 3.05) is 10.6 Å². The Hall–Kier alpha value is -2.80. The Morgan fingerprint density at radius 1 is 1.04 bits per heavy atom. The highest BCUT2D eigenvalue weighted by atomic mass is 32.2. The van der Waals surface area contributed by atoms with E-state index in [2.05, 4.69) is 10.6 Å². The third-order valence-corrected chi connectivity index (χ3v) is 5.24. The van der Waals surface area contributed by atoms with E-state index >= 15 is 0 Å². The van der Waals surface area contributed by atoms with Gasteiger partial charge in [-0.25, -0.2) is 4.79 Å². The quantitative estimate of drug-likeness (QED) is 0.630. The van der Waals surface area contributed by atoms with Crippen molar-refractivity contribution in [2.45, 2.75) is 29.9 Å². The number of benzene rings is 2. The van der Waals surface area contributed by atoms with E-state index in [0.29, 0.717) is 5.69 Å². The van der Waals surface area contributed by atoms with Gasteiger partial charge in [0.1, 0.15) is 0 Å². The molecule has 27 heavy (non-hydrogen) atoms. The number of carbonyl (C=O) groups is 3. The van der Waals surface area contributed by atoms with Crippen molar-refractivity contribution >= 4 is 40.9 Å². The molecule has 1 atom stereocenters. The van der Waals surface area contributed by atoms with Crippen LogP contribution in [0, 0.1) is 5.92 Å². The van der Waals surface area contributed by atoms with E-state index in [1.807, 2.05) is 24.3 Å². The van der Waals surface area contributed by atoms with Crippen LogP contribution < -0.4 is 10.6 Å². The molecule has 0 bridgehead atoms. The van der Waals surface area contributed by atoms with Crippen LogP contribution in [0.2, 0.25) is 0 Å². The number of amides is 2. The summed E-state index contributed by atoms with van der Waals surface area (Å²) in [5.41, 5.74) is 1.32. The Bertz CT molecular complexity index is 863. The minimum atomic E-state index is -1.04. The lowest BCUT2D eigenvalue weighted by molar-refractivity contribution is -0.117. The molecule has 7 heteroatoms. The first-order valence-corrected chi connectivity index (χ1v) is 9.52. The zero-order valence-electron chi connectivity index (χ0n) is 14.8. The average molecular weight is 384 g/mol. The largest absolute Gasteiger partial charge is 0.478 e. The lowest BCUT2D eigenvalue weighted by Gasteiger charge is -2.13. The molecule has 3 N–H and O–H groups in total. The molecule has 1 saturated carbocycles. The van der Waals surface area contributed by atoms with Crippen molar-refractivity contribution in [1.82, 2.24) is 0 Å². The standard InChI is InChI=1S/C20H20N2O4S/c1-12(18(23)22-16-4-2-3-14(11-16)20(25)26)27-17-9-7-15(8-10-17)21-19(24)13-5-6-13/h2-4,7-13H,5-6H2,1H3,(H,21,24)(H,22,23)(H,25,26). The van der Waals surface area contributed by atoms with Gasteiger partial charge in [0.05, 0.1) is 10.8 Å². The van der Waals surface area contributed by atoms with Gasteiger partial charge >= 0.3 is 5.97 Å². The molecule has 1 aliphatic rings. The molecule has 1 fully saturated rings. The number of carbonyl (C=O) groups excluding carboxylic acids is 2. The summed E-state index contributed by atoms with van der Waals surface area (Å²) in [5.74, 6) is -1.04. The predicted octanol–water partition coefficient (Wildman–Crippen LogP) is 3.85. The van der Waals surface area contributed by atoms with E-state index in [-0.39, 0.29) is 28.5 Å². The van der Waals surface area contributed by atoms with Crippen molar-refractivity contribution < 1.29 is 19.5 Å². The van der Waals surface area contributed by atoms with Crippen LogP contribution in [0.1, 0.15) is 30.1 Å². The third kappa shape index (κ3) is 5.34. The topological polar surface area (TPSA) is 95.5 Å². The van der Waals surface area contributed by atoms with Crippen LogP contribution in [0.3, 0.4) is 0 Å². The van der Waals surface area contributed by atoms with Crippen LogP contribution in [0.5, 0.6) is 0 Å². The Balaban J connectivity index is 1.55. The van der Waals surface area contributed by atoms with Gasteiger partial charge in [0.2, 0.25) is 11.8 Å². The van der Waals surface area contributed by atoms with E-state index in [0.717, 1.165) is 23.4 Å². The van der Waals surface area contributed by atoms with Crippen LogP contribution in [0.25, 0.3) is 0 Å². The molecule has 2 aromatic rings. The summed E-state index contributed by atoms with van der Waals surface area (Å²) in [6.45, 7) is 1.78. The van der Waals surface area contributed by atoms with Gasteiger partial charge in [0.15, 0.2) is 0 Å². The normalized spacial score (nSPS) is 14.3. The number of anilines is 2. The maximum Gasteiger partial charge on any atom is 0.335 e. The van der Waals surface area contributed by atoms with Crippen molar-refractivity contribution in [3.63, 3.8) is 0 Å². The summed E-state index contributed by atoms with van der Waals surface area (Å²) >= 11 is 1.39. The molecule has 0 heterocycles. The Morgan fingerprint density at radius 2 is 1.74 bits per heavy atom. The van der Waals surface area contributed by atoms with Gasteiger partial charge in [-0.3, -0.25) is 9.59 Å². The van der Waals surface area contributed by atoms with Crippen LogP contribution >= 0.6 is 11.8 Å². The summed E-state index contributed by atoms with van der Waals surface area (Å²) < 4.78 is 0. The zero-order valence-corrected chi connectivity index (χ0v) is 15.6. The third-order valence-electron chi connectivity index (χ3n) is 4.13. The molecule has 0 aliphatic heterocycles. The number of nitrogens with one attached hydrogen (secondary N) is 2. The molecular weight excluding hydrogens is 364 g/mol. The summed E-state index contributed by atoms with van der Waals surface area (Å²) in [7, 11) is 0. The number of thioether (sulfide) groups is 1. The second-order valence-corrected chi connectivity index (χ2v) is 7.84. The molecule has 1 unspecified atom stereocenters. The smallest absolute Gasteiger partial charge is 0.335 e. The molecule has 0 radical (unpaired) electrons. The van der Waals surface area contributed by atoms with Gasteiger partial charge in [-0.1, -0.05) is 6.07 Å². The number of carboxylic acids is 1. The monoisotopic (exact) mass is 384 g/mol. The predicted molar refractivity (Wildman–Crippen MR) is 105 cm³/mol. The van der Waals surface area contributed by atoms with E-state index in [4.69, 9.17) is 5.11 Å². The second kappa shape index (κ2) is 8.26. The lowest BCUT2D eigenvalue weighted by atomic mass is 10.2. The molecule has 2 aromatic carbocycles. The highest BCUT2D eigenvalue weighted by Gasteiger charge is 2.29. The number of hydrogen-bond acceptors (Lipinski definition) is 4. The first-order valence-electron chi connectivity index (χ1n) is 8.64. The first kappa shape index (κ1) is 19.0. The summed E-state index contributed by atoms with van der Waals surface area (Å²) in [6, 6.07) is 13.5. The molecule has 6 nitrogen and oxygen atoms in total. The fourth-order valence-electron chi connectivity index (χ4n) is 2.44. The van der Waals surface area contributed by atoms with Crippen LogP contribution in [0.15, 0.2) is 53.4 Å². The van der Waals surface area contributed by atoms with E-state index < -0.39 is 5.97 Å². The maximum absolute atomic E-state index is 12.4. The fourth-order valence-corrected chi connectivity index (χ4v) is 3.31. The van der Waals surface area contributed by atoms with Gasteiger partial charge in [-0.15, -0.1) is 11.8 Å². The fraction of sp³-hybridized carbons (Fsp3) is 0.250. The number of aromatic carboxylic acids is 1.